The third-order valence-electron chi connectivity index (χ3n) is 3.61. The van der Waals surface area contributed by atoms with Crippen molar-refractivity contribution < 1.29 is 20.1 Å². The van der Waals surface area contributed by atoms with Gasteiger partial charge in [0.15, 0.2) is 0 Å². The van der Waals surface area contributed by atoms with Crippen LogP contribution < -0.4 is 10.9 Å². The second-order valence-corrected chi connectivity index (χ2v) is 5.71. The number of anilines is 2. The number of hydrogen-bond donors (Lipinski definition) is 5. The first-order chi connectivity index (χ1) is 13.1. The van der Waals surface area contributed by atoms with Crippen molar-refractivity contribution in [3.63, 3.8) is 0 Å². The van der Waals surface area contributed by atoms with E-state index in [0.717, 1.165) is 5.69 Å². The Bertz CT molecular complexity index is 725. The molecule has 0 radical (unpaired) electrons. The summed E-state index contributed by atoms with van der Waals surface area (Å²) in [5.41, 5.74) is 7.06. The molecule has 27 heavy (non-hydrogen) atoms. The molecule has 5 N–H and O–H groups in total. The van der Waals surface area contributed by atoms with Crippen molar-refractivity contribution in [2.75, 3.05) is 24.6 Å². The van der Waals surface area contributed by atoms with Crippen LogP contribution in [0.2, 0.25) is 0 Å². The summed E-state index contributed by atoms with van der Waals surface area (Å²) in [5.74, 6) is 0. The number of hydrazone groups is 2. The lowest BCUT2D eigenvalue weighted by atomic mass is 10.0. The fourth-order valence-electron chi connectivity index (χ4n) is 2.15. The molecule has 8 heteroatoms. The SMILES string of the molecule is COCC(O)C(O)C(O)/C(C=NNc1ccccc1)=N/Nc1ccccc1. The van der Waals surface area contributed by atoms with Crippen LogP contribution in [0.4, 0.5) is 11.4 Å². The van der Waals surface area contributed by atoms with E-state index in [1.165, 1.54) is 13.3 Å². The van der Waals surface area contributed by atoms with Crippen LogP contribution in [0, 0.1) is 0 Å². The van der Waals surface area contributed by atoms with Gasteiger partial charge in [-0.1, -0.05) is 36.4 Å². The number of methoxy groups -OCH3 is 1. The highest BCUT2D eigenvalue weighted by Gasteiger charge is 2.28. The first-order valence-electron chi connectivity index (χ1n) is 8.37. The van der Waals surface area contributed by atoms with Crippen molar-refractivity contribution in [3.8, 4) is 0 Å². The Morgan fingerprint density at radius 2 is 1.52 bits per heavy atom. The highest BCUT2D eigenvalue weighted by Crippen LogP contribution is 2.08. The smallest absolute Gasteiger partial charge is 0.128 e. The van der Waals surface area contributed by atoms with Gasteiger partial charge in [-0.25, -0.2) is 0 Å². The zero-order valence-corrected chi connectivity index (χ0v) is 14.9. The molecular weight excluding hydrogens is 348 g/mol. The summed E-state index contributed by atoms with van der Waals surface area (Å²) >= 11 is 0. The lowest BCUT2D eigenvalue weighted by molar-refractivity contribution is -0.0623. The number of benzene rings is 2. The molecule has 0 fully saturated rings. The average molecular weight is 372 g/mol. The lowest BCUT2D eigenvalue weighted by Gasteiger charge is -2.22. The first-order valence-corrected chi connectivity index (χ1v) is 8.37. The molecule has 2 rings (SSSR count). The van der Waals surface area contributed by atoms with Crippen molar-refractivity contribution in [1.82, 2.24) is 0 Å². The van der Waals surface area contributed by atoms with Crippen LogP contribution in [0.15, 0.2) is 70.9 Å². The molecule has 0 aliphatic rings. The van der Waals surface area contributed by atoms with E-state index < -0.39 is 18.3 Å². The third kappa shape index (κ3) is 6.80. The van der Waals surface area contributed by atoms with E-state index in [2.05, 4.69) is 21.1 Å². The van der Waals surface area contributed by atoms with Gasteiger partial charge in [-0.15, -0.1) is 0 Å². The maximum Gasteiger partial charge on any atom is 0.128 e. The van der Waals surface area contributed by atoms with Crippen LogP contribution in [-0.2, 0) is 4.74 Å². The monoisotopic (exact) mass is 372 g/mol. The van der Waals surface area contributed by atoms with Crippen LogP contribution in [-0.4, -0.2) is 59.3 Å². The number of hydrogen-bond acceptors (Lipinski definition) is 8. The molecule has 3 atom stereocenters. The Morgan fingerprint density at radius 3 is 2.07 bits per heavy atom. The van der Waals surface area contributed by atoms with Gasteiger partial charge < -0.3 is 20.1 Å². The van der Waals surface area contributed by atoms with Crippen LogP contribution in [0.25, 0.3) is 0 Å². The summed E-state index contributed by atoms with van der Waals surface area (Å²) in [5, 5.41) is 38.5. The maximum atomic E-state index is 10.4. The van der Waals surface area contributed by atoms with Crippen LogP contribution in [0.5, 0.6) is 0 Å². The molecule has 0 aliphatic heterocycles. The molecule has 0 aromatic heterocycles. The molecule has 0 aliphatic carbocycles. The molecule has 0 saturated heterocycles. The van der Waals surface area contributed by atoms with E-state index in [1.807, 2.05) is 48.5 Å². The zero-order valence-electron chi connectivity index (χ0n) is 14.9. The number of ether oxygens (including phenoxy) is 1. The summed E-state index contributed by atoms with van der Waals surface area (Å²) < 4.78 is 4.80. The number of para-hydroxylation sites is 2. The highest BCUT2D eigenvalue weighted by atomic mass is 16.5. The van der Waals surface area contributed by atoms with Crippen molar-refractivity contribution in [1.29, 1.82) is 0 Å². The van der Waals surface area contributed by atoms with Gasteiger partial charge in [0.2, 0.25) is 0 Å². The van der Waals surface area contributed by atoms with Gasteiger partial charge in [0, 0.05) is 7.11 Å². The molecule has 8 nitrogen and oxygen atoms in total. The second kappa shape index (κ2) is 11.0. The normalized spacial score (nSPS) is 15.3. The minimum absolute atomic E-state index is 0.0323. The maximum absolute atomic E-state index is 10.4. The van der Waals surface area contributed by atoms with Gasteiger partial charge in [0.1, 0.15) is 24.0 Å². The summed E-state index contributed by atoms with van der Waals surface area (Å²) in [4.78, 5) is 0. The van der Waals surface area contributed by atoms with Gasteiger partial charge in [-0.2, -0.15) is 10.2 Å². The van der Waals surface area contributed by atoms with Crippen molar-refractivity contribution in [3.05, 3.63) is 60.7 Å². The van der Waals surface area contributed by atoms with Gasteiger partial charge in [0.25, 0.3) is 0 Å². The van der Waals surface area contributed by atoms with E-state index in [4.69, 9.17) is 4.74 Å². The first kappa shape index (κ1) is 20.5. The predicted octanol–water partition coefficient (Wildman–Crippen LogP) is 1.28. The molecule has 0 spiro atoms. The number of nitrogens with one attached hydrogen (secondary N) is 2. The lowest BCUT2D eigenvalue weighted by Crippen LogP contribution is -2.45. The molecule has 2 aromatic carbocycles. The van der Waals surface area contributed by atoms with Gasteiger partial charge in [-0.3, -0.25) is 10.9 Å². The van der Waals surface area contributed by atoms with Crippen LogP contribution in [0.1, 0.15) is 0 Å². The molecule has 0 bridgehead atoms. The number of rotatable bonds is 10. The minimum atomic E-state index is -1.50. The molecule has 144 valence electrons. The predicted molar refractivity (Wildman–Crippen MR) is 106 cm³/mol. The van der Waals surface area contributed by atoms with E-state index in [1.54, 1.807) is 12.1 Å². The largest absolute Gasteiger partial charge is 0.388 e. The zero-order chi connectivity index (χ0) is 19.5. The molecule has 0 amide bonds. The minimum Gasteiger partial charge on any atom is -0.388 e. The number of nitrogens with zero attached hydrogens (tertiary/aromatic N) is 2. The van der Waals surface area contributed by atoms with Gasteiger partial charge in [0.05, 0.1) is 24.2 Å². The van der Waals surface area contributed by atoms with E-state index in [9.17, 15) is 15.3 Å². The van der Waals surface area contributed by atoms with E-state index in [0.29, 0.717) is 5.69 Å². The molecule has 0 saturated carbocycles. The van der Waals surface area contributed by atoms with Crippen molar-refractivity contribution in [2.24, 2.45) is 10.2 Å². The van der Waals surface area contributed by atoms with E-state index >= 15 is 0 Å². The molecule has 0 heterocycles. The Morgan fingerprint density at radius 1 is 0.963 bits per heavy atom. The van der Waals surface area contributed by atoms with E-state index in [-0.39, 0.29) is 12.3 Å². The standard InChI is InChI=1S/C19H24N4O4/c1-27-13-17(24)19(26)18(25)16(23-22-15-10-6-3-7-11-15)12-20-21-14-8-4-2-5-9-14/h2-12,17-19,21-22,24-26H,13H2,1H3/b20-12?,23-16+. The Kier molecular flexibility index (Phi) is 8.40. The van der Waals surface area contributed by atoms with Crippen LogP contribution in [0.3, 0.4) is 0 Å². The van der Waals surface area contributed by atoms with Gasteiger partial charge >= 0.3 is 0 Å². The Hall–Kier alpha value is -2.78. The van der Waals surface area contributed by atoms with Crippen molar-refractivity contribution >= 4 is 23.3 Å². The average Bonchev–Trinajstić information content (AvgIpc) is 2.71. The number of aliphatic hydroxyl groups excluding tert-OH is 3. The molecule has 3 unspecified atom stereocenters. The second-order valence-electron chi connectivity index (χ2n) is 5.71. The topological polar surface area (TPSA) is 119 Å². The third-order valence-corrected chi connectivity index (χ3v) is 3.61. The summed E-state index contributed by atoms with van der Waals surface area (Å²) in [6, 6.07) is 18.3. The molecular formula is C19H24N4O4. The summed E-state index contributed by atoms with van der Waals surface area (Å²) in [6.45, 7) is -0.128. The fraction of sp³-hybridized carbons (Fsp3) is 0.263. The Labute approximate surface area is 157 Å². The molecule has 2 aromatic rings. The van der Waals surface area contributed by atoms with Crippen molar-refractivity contribution in [2.45, 2.75) is 18.3 Å². The van der Waals surface area contributed by atoms with Gasteiger partial charge in [-0.05, 0) is 24.3 Å². The quantitative estimate of drug-likeness (QED) is 0.317. The van der Waals surface area contributed by atoms with Crippen LogP contribution >= 0.6 is 0 Å². The Balaban J connectivity index is 2.13. The summed E-state index contributed by atoms with van der Waals surface area (Å²) in [7, 11) is 1.39. The summed E-state index contributed by atoms with van der Waals surface area (Å²) in [6.07, 6.45) is -2.98. The fourth-order valence-corrected chi connectivity index (χ4v) is 2.15. The highest BCUT2D eigenvalue weighted by molar-refractivity contribution is 6.33. The number of aliphatic hydroxyl groups is 3.